The van der Waals surface area contributed by atoms with Crippen LogP contribution in [0.25, 0.3) is 0 Å². The molecule has 0 unspecified atom stereocenters. The van der Waals surface area contributed by atoms with E-state index in [4.69, 9.17) is 22.2 Å². The Bertz CT molecular complexity index is 766. The van der Waals surface area contributed by atoms with Crippen LogP contribution in [0.15, 0.2) is 34.2 Å². The maximum atomic E-state index is 11.8. The highest BCUT2D eigenvalue weighted by Gasteiger charge is 2.10. The van der Waals surface area contributed by atoms with Gasteiger partial charge in [-0.15, -0.1) is 10.2 Å². The fourth-order valence-corrected chi connectivity index (χ4v) is 2.45. The summed E-state index contributed by atoms with van der Waals surface area (Å²) in [6, 6.07) is 6.94. The molecule has 0 saturated heterocycles. The largest absolute Gasteiger partial charge is 0.492 e. The minimum atomic E-state index is -0.440. The van der Waals surface area contributed by atoms with Gasteiger partial charge in [-0.1, -0.05) is 23.4 Å². The zero-order chi connectivity index (χ0) is 17.5. The Labute approximate surface area is 147 Å². The van der Waals surface area contributed by atoms with E-state index in [-0.39, 0.29) is 22.5 Å². The molecule has 3 N–H and O–H groups in total. The molecule has 2 rings (SSSR count). The van der Waals surface area contributed by atoms with Crippen LogP contribution in [0.1, 0.15) is 5.69 Å². The van der Waals surface area contributed by atoms with Gasteiger partial charge in [-0.3, -0.25) is 9.59 Å². The number of carbonyl (C=O) groups is 1. The van der Waals surface area contributed by atoms with Crippen molar-refractivity contribution in [2.45, 2.75) is 12.1 Å². The Morgan fingerprint density at radius 3 is 2.79 bits per heavy atom. The SMILES string of the molecule is Cc1nnc(SCC(=O)NCCOc2ccc(Cl)cc2)n(N)c1=O. The number of aryl methyl sites for hydroxylation is 1. The van der Waals surface area contributed by atoms with Gasteiger partial charge in [0, 0.05) is 5.02 Å². The normalized spacial score (nSPS) is 10.4. The van der Waals surface area contributed by atoms with Crippen molar-refractivity contribution in [3.63, 3.8) is 0 Å². The number of rotatable bonds is 7. The van der Waals surface area contributed by atoms with E-state index in [1.807, 2.05) is 0 Å². The lowest BCUT2D eigenvalue weighted by Gasteiger charge is -2.08. The first-order chi connectivity index (χ1) is 11.5. The number of benzene rings is 1. The molecule has 0 aliphatic rings. The van der Waals surface area contributed by atoms with Gasteiger partial charge in [0.1, 0.15) is 18.1 Å². The first-order valence-corrected chi connectivity index (χ1v) is 8.33. The van der Waals surface area contributed by atoms with E-state index in [0.29, 0.717) is 23.9 Å². The van der Waals surface area contributed by atoms with Crippen molar-refractivity contribution in [3.8, 4) is 5.75 Å². The predicted octanol–water partition coefficient (Wildman–Crippen LogP) is 0.601. The second-order valence-corrected chi connectivity index (χ2v) is 6.06. The van der Waals surface area contributed by atoms with E-state index < -0.39 is 5.56 Å². The Balaban J connectivity index is 1.71. The number of nitrogen functional groups attached to an aromatic ring is 1. The van der Waals surface area contributed by atoms with Gasteiger partial charge in [-0.25, -0.2) is 0 Å². The van der Waals surface area contributed by atoms with Gasteiger partial charge in [-0.2, -0.15) is 4.68 Å². The highest BCUT2D eigenvalue weighted by Crippen LogP contribution is 2.15. The molecule has 0 spiro atoms. The summed E-state index contributed by atoms with van der Waals surface area (Å²) in [6.07, 6.45) is 0. The number of hydrogen-bond acceptors (Lipinski definition) is 7. The average Bonchev–Trinajstić information content (AvgIpc) is 2.57. The van der Waals surface area contributed by atoms with E-state index in [9.17, 15) is 9.59 Å². The van der Waals surface area contributed by atoms with Crippen LogP contribution in [0.4, 0.5) is 0 Å². The maximum absolute atomic E-state index is 11.8. The Kier molecular flexibility index (Phi) is 6.44. The van der Waals surface area contributed by atoms with Crippen LogP contribution in [0.3, 0.4) is 0 Å². The summed E-state index contributed by atoms with van der Waals surface area (Å²) in [6.45, 7) is 2.18. The third kappa shape index (κ3) is 5.14. The number of nitrogens with one attached hydrogen (secondary N) is 1. The summed E-state index contributed by atoms with van der Waals surface area (Å²) in [4.78, 5) is 23.4. The predicted molar refractivity (Wildman–Crippen MR) is 91.9 cm³/mol. The van der Waals surface area contributed by atoms with Crippen molar-refractivity contribution in [2.24, 2.45) is 0 Å². The number of amides is 1. The van der Waals surface area contributed by atoms with Crippen LogP contribution in [0.5, 0.6) is 5.75 Å². The molecule has 1 heterocycles. The first kappa shape index (κ1) is 18.1. The number of aromatic nitrogens is 3. The molecule has 1 aromatic heterocycles. The van der Waals surface area contributed by atoms with Crippen molar-refractivity contribution in [3.05, 3.63) is 45.3 Å². The summed E-state index contributed by atoms with van der Waals surface area (Å²) in [5.74, 6) is 6.09. The highest BCUT2D eigenvalue weighted by molar-refractivity contribution is 7.99. The van der Waals surface area contributed by atoms with Crippen molar-refractivity contribution >= 4 is 29.3 Å². The molecule has 0 bridgehead atoms. The van der Waals surface area contributed by atoms with E-state index in [2.05, 4.69) is 15.5 Å². The molecule has 0 radical (unpaired) electrons. The van der Waals surface area contributed by atoms with Crippen LogP contribution in [-0.4, -0.2) is 39.7 Å². The number of halogens is 1. The molecule has 1 amide bonds. The zero-order valence-electron chi connectivity index (χ0n) is 12.9. The van der Waals surface area contributed by atoms with E-state index in [1.165, 1.54) is 6.92 Å². The quantitative estimate of drug-likeness (QED) is 0.417. The lowest BCUT2D eigenvalue weighted by Crippen LogP contribution is -2.33. The Morgan fingerprint density at radius 1 is 1.38 bits per heavy atom. The number of nitrogens with two attached hydrogens (primary N) is 1. The van der Waals surface area contributed by atoms with Crippen molar-refractivity contribution in [1.29, 1.82) is 0 Å². The first-order valence-electron chi connectivity index (χ1n) is 6.96. The molecule has 128 valence electrons. The highest BCUT2D eigenvalue weighted by atomic mass is 35.5. The minimum absolute atomic E-state index is 0.0648. The summed E-state index contributed by atoms with van der Waals surface area (Å²) < 4.78 is 6.33. The molecule has 1 aromatic carbocycles. The standard InChI is InChI=1S/C14H16ClN5O3S/c1-9-13(22)20(16)14(19-18-9)24-8-12(21)17-6-7-23-11-4-2-10(15)3-5-11/h2-5H,6-8,16H2,1H3,(H,17,21). The molecule has 0 aliphatic carbocycles. The molecule has 24 heavy (non-hydrogen) atoms. The van der Waals surface area contributed by atoms with E-state index in [0.717, 1.165) is 16.4 Å². The van der Waals surface area contributed by atoms with Gasteiger partial charge in [0.25, 0.3) is 5.56 Å². The van der Waals surface area contributed by atoms with Gasteiger partial charge in [-0.05, 0) is 31.2 Å². The molecule has 2 aromatic rings. The van der Waals surface area contributed by atoms with Crippen molar-refractivity contribution < 1.29 is 9.53 Å². The van der Waals surface area contributed by atoms with Crippen LogP contribution in [-0.2, 0) is 4.79 Å². The lowest BCUT2D eigenvalue weighted by atomic mass is 10.3. The smallest absolute Gasteiger partial charge is 0.294 e. The average molecular weight is 370 g/mol. The van der Waals surface area contributed by atoms with Gasteiger partial charge in [0.2, 0.25) is 11.1 Å². The second kappa shape index (κ2) is 8.55. The zero-order valence-corrected chi connectivity index (χ0v) is 14.4. The number of nitrogens with zero attached hydrogens (tertiary/aromatic N) is 3. The third-order valence-electron chi connectivity index (χ3n) is 2.86. The monoisotopic (exact) mass is 369 g/mol. The summed E-state index contributed by atoms with van der Waals surface area (Å²) >= 11 is 6.81. The van der Waals surface area contributed by atoms with Crippen molar-refractivity contribution in [1.82, 2.24) is 20.2 Å². The maximum Gasteiger partial charge on any atom is 0.294 e. The van der Waals surface area contributed by atoms with Gasteiger partial charge >= 0.3 is 0 Å². The van der Waals surface area contributed by atoms with Crippen LogP contribution >= 0.6 is 23.4 Å². The number of thioether (sulfide) groups is 1. The van der Waals surface area contributed by atoms with Crippen LogP contribution in [0, 0.1) is 6.92 Å². The Hall–Kier alpha value is -2.26. The molecule has 0 aliphatic heterocycles. The Morgan fingerprint density at radius 2 is 2.08 bits per heavy atom. The molecule has 0 atom stereocenters. The fraction of sp³-hybridized carbons (Fsp3) is 0.286. The lowest BCUT2D eigenvalue weighted by molar-refractivity contribution is -0.118. The summed E-state index contributed by atoms with van der Waals surface area (Å²) in [7, 11) is 0. The number of hydrogen-bond donors (Lipinski definition) is 2. The third-order valence-corrected chi connectivity index (χ3v) is 4.05. The van der Waals surface area contributed by atoms with Gasteiger partial charge in [0.15, 0.2) is 0 Å². The summed E-state index contributed by atoms with van der Waals surface area (Å²) in [5.41, 5.74) is -0.241. The molecule has 0 fully saturated rings. The molecule has 0 saturated carbocycles. The van der Waals surface area contributed by atoms with Gasteiger partial charge in [0.05, 0.1) is 12.3 Å². The van der Waals surface area contributed by atoms with E-state index in [1.54, 1.807) is 24.3 Å². The van der Waals surface area contributed by atoms with Crippen LogP contribution in [0.2, 0.25) is 5.02 Å². The number of ether oxygens (including phenoxy) is 1. The minimum Gasteiger partial charge on any atom is -0.492 e. The van der Waals surface area contributed by atoms with Gasteiger partial charge < -0.3 is 15.9 Å². The molecular formula is C14H16ClN5O3S. The summed E-state index contributed by atoms with van der Waals surface area (Å²) in [5, 5.41) is 11.0. The number of carbonyl (C=O) groups excluding carboxylic acids is 1. The molecular weight excluding hydrogens is 354 g/mol. The van der Waals surface area contributed by atoms with E-state index >= 15 is 0 Å². The second-order valence-electron chi connectivity index (χ2n) is 4.68. The molecule has 10 heteroatoms. The fourth-order valence-electron chi connectivity index (χ4n) is 1.64. The topological polar surface area (TPSA) is 112 Å². The molecule has 8 nitrogen and oxygen atoms in total. The van der Waals surface area contributed by atoms with Crippen molar-refractivity contribution in [2.75, 3.05) is 24.7 Å². The van der Waals surface area contributed by atoms with Crippen LogP contribution < -0.4 is 21.5 Å².